The molecule has 7 nitrogen and oxygen atoms in total. The molecular weight excluding hydrogens is 296 g/mol. The van der Waals surface area contributed by atoms with Gasteiger partial charge >= 0.3 is 5.97 Å². The number of hydrogen-bond donors (Lipinski definition) is 1. The van der Waals surface area contributed by atoms with E-state index < -0.39 is 12.0 Å². The predicted molar refractivity (Wildman–Crippen MR) is 87.4 cm³/mol. The first-order valence-corrected chi connectivity index (χ1v) is 7.86. The molecule has 0 bridgehead atoms. The van der Waals surface area contributed by atoms with E-state index in [1.807, 2.05) is 18.2 Å². The topological polar surface area (TPSA) is 77.0 Å². The average molecular weight is 320 g/mol. The number of aromatic nitrogens is 1. The highest BCUT2D eigenvalue weighted by atomic mass is 16.4. The largest absolute Gasteiger partial charge is 0.480 e. The normalized spacial score (nSPS) is 16.9. The highest BCUT2D eigenvalue weighted by Gasteiger charge is 2.23. The summed E-state index contributed by atoms with van der Waals surface area (Å²) in [7, 11) is 1.54. The van der Waals surface area contributed by atoms with Gasteiger partial charge in [0.2, 0.25) is 5.91 Å². The van der Waals surface area contributed by atoms with Gasteiger partial charge < -0.3 is 14.9 Å². The number of piperazine rings is 1. The summed E-state index contributed by atoms with van der Waals surface area (Å²) >= 11 is 0. The van der Waals surface area contributed by atoms with Crippen molar-refractivity contribution < 1.29 is 14.7 Å². The Morgan fingerprint density at radius 2 is 2.00 bits per heavy atom. The molecule has 1 unspecified atom stereocenters. The molecule has 1 aromatic rings. The number of carboxylic acid groups (broad SMARTS) is 1. The lowest BCUT2D eigenvalue weighted by Gasteiger charge is -2.35. The molecule has 1 aliphatic rings. The number of anilines is 1. The van der Waals surface area contributed by atoms with Crippen LogP contribution in [0.25, 0.3) is 0 Å². The summed E-state index contributed by atoms with van der Waals surface area (Å²) in [6.07, 6.45) is 2.14. The van der Waals surface area contributed by atoms with Crippen LogP contribution in [-0.2, 0) is 9.59 Å². The van der Waals surface area contributed by atoms with Gasteiger partial charge in [0.1, 0.15) is 11.9 Å². The summed E-state index contributed by atoms with van der Waals surface area (Å²) in [5, 5.41) is 8.94. The zero-order valence-electron chi connectivity index (χ0n) is 13.7. The summed E-state index contributed by atoms with van der Waals surface area (Å²) < 4.78 is 0. The third-order valence-electron chi connectivity index (χ3n) is 4.32. The molecule has 7 heteroatoms. The van der Waals surface area contributed by atoms with E-state index in [2.05, 4.69) is 14.8 Å². The first kappa shape index (κ1) is 17.2. The van der Waals surface area contributed by atoms with Crippen LogP contribution in [0.2, 0.25) is 0 Å². The van der Waals surface area contributed by atoms with Gasteiger partial charge in [0.25, 0.3) is 0 Å². The highest BCUT2D eigenvalue weighted by molar-refractivity contribution is 5.83. The van der Waals surface area contributed by atoms with E-state index in [0.29, 0.717) is 13.0 Å². The highest BCUT2D eigenvalue weighted by Crippen LogP contribution is 2.12. The molecule has 2 rings (SSSR count). The van der Waals surface area contributed by atoms with Crippen LogP contribution in [0.4, 0.5) is 5.82 Å². The molecule has 1 aromatic heterocycles. The van der Waals surface area contributed by atoms with Crippen molar-refractivity contribution >= 4 is 17.7 Å². The molecule has 0 aliphatic carbocycles. The van der Waals surface area contributed by atoms with Gasteiger partial charge in [0, 0.05) is 52.4 Å². The standard InChI is InChI=1S/C16H24N4O3/c1-13(16(22)23)18(2)15(21)6-8-19-9-11-20(12-10-19)14-5-3-4-7-17-14/h3-5,7,13H,6,8-12H2,1-2H3,(H,22,23). The van der Waals surface area contributed by atoms with Gasteiger partial charge in [-0.1, -0.05) is 6.07 Å². The van der Waals surface area contributed by atoms with Crippen LogP contribution in [-0.4, -0.2) is 77.6 Å². The van der Waals surface area contributed by atoms with Crippen LogP contribution in [0.1, 0.15) is 13.3 Å². The van der Waals surface area contributed by atoms with Crippen molar-refractivity contribution in [2.45, 2.75) is 19.4 Å². The molecule has 1 aliphatic heterocycles. The lowest BCUT2D eigenvalue weighted by molar-refractivity contribution is -0.148. The molecule has 0 spiro atoms. The predicted octanol–water partition coefficient (Wildman–Crippen LogP) is 0.525. The molecule has 1 N–H and O–H groups in total. The quantitative estimate of drug-likeness (QED) is 0.824. The zero-order chi connectivity index (χ0) is 16.8. The van der Waals surface area contributed by atoms with E-state index in [1.54, 1.807) is 13.2 Å². The van der Waals surface area contributed by atoms with Crippen molar-refractivity contribution in [3.63, 3.8) is 0 Å². The number of rotatable bonds is 6. The Kier molecular flexibility index (Phi) is 5.92. The smallest absolute Gasteiger partial charge is 0.326 e. The average Bonchev–Trinajstić information content (AvgIpc) is 2.59. The second-order valence-electron chi connectivity index (χ2n) is 5.79. The molecule has 126 valence electrons. The summed E-state index contributed by atoms with van der Waals surface area (Å²) in [5.74, 6) is -0.130. The third-order valence-corrected chi connectivity index (χ3v) is 4.32. The second kappa shape index (κ2) is 7.92. The molecule has 1 atom stereocenters. The van der Waals surface area contributed by atoms with Crippen molar-refractivity contribution in [3.8, 4) is 0 Å². The monoisotopic (exact) mass is 320 g/mol. The SMILES string of the molecule is CC(C(=O)O)N(C)C(=O)CCN1CCN(c2ccccn2)CC1. The number of amides is 1. The fourth-order valence-corrected chi connectivity index (χ4v) is 2.55. The van der Waals surface area contributed by atoms with E-state index in [0.717, 1.165) is 32.0 Å². The van der Waals surface area contributed by atoms with E-state index >= 15 is 0 Å². The molecule has 2 heterocycles. The van der Waals surface area contributed by atoms with Crippen LogP contribution in [0.3, 0.4) is 0 Å². The number of pyridine rings is 1. The van der Waals surface area contributed by atoms with E-state index in [-0.39, 0.29) is 5.91 Å². The summed E-state index contributed by atoms with van der Waals surface area (Å²) in [6, 6.07) is 5.09. The number of nitrogens with zero attached hydrogens (tertiary/aromatic N) is 4. The van der Waals surface area contributed by atoms with Crippen molar-refractivity contribution in [2.24, 2.45) is 0 Å². The van der Waals surface area contributed by atoms with Crippen LogP contribution < -0.4 is 4.90 Å². The van der Waals surface area contributed by atoms with Crippen molar-refractivity contribution in [1.29, 1.82) is 0 Å². The molecule has 0 saturated carbocycles. The number of likely N-dealkylation sites (N-methyl/N-ethyl adjacent to an activating group) is 1. The number of carbonyl (C=O) groups is 2. The van der Waals surface area contributed by atoms with Crippen molar-refractivity contribution in [1.82, 2.24) is 14.8 Å². The number of carboxylic acids is 1. The minimum absolute atomic E-state index is 0.132. The molecule has 1 fully saturated rings. The van der Waals surface area contributed by atoms with Gasteiger partial charge in [0.05, 0.1) is 0 Å². The lowest BCUT2D eigenvalue weighted by Crippen LogP contribution is -2.48. The lowest BCUT2D eigenvalue weighted by atomic mass is 10.2. The van der Waals surface area contributed by atoms with E-state index in [4.69, 9.17) is 5.11 Å². The Morgan fingerprint density at radius 3 is 2.57 bits per heavy atom. The van der Waals surface area contributed by atoms with Gasteiger partial charge in [-0.05, 0) is 19.1 Å². The maximum atomic E-state index is 12.0. The van der Waals surface area contributed by atoms with Crippen molar-refractivity contribution in [2.75, 3.05) is 44.7 Å². The first-order valence-electron chi connectivity index (χ1n) is 7.86. The molecule has 23 heavy (non-hydrogen) atoms. The Labute approximate surface area is 136 Å². The second-order valence-corrected chi connectivity index (χ2v) is 5.79. The number of hydrogen-bond acceptors (Lipinski definition) is 5. The minimum Gasteiger partial charge on any atom is -0.480 e. The number of aliphatic carboxylic acids is 1. The van der Waals surface area contributed by atoms with E-state index in [1.165, 1.54) is 11.8 Å². The van der Waals surface area contributed by atoms with Gasteiger partial charge in [0.15, 0.2) is 0 Å². The van der Waals surface area contributed by atoms with Gasteiger partial charge in [-0.2, -0.15) is 0 Å². The Morgan fingerprint density at radius 1 is 1.30 bits per heavy atom. The van der Waals surface area contributed by atoms with Crippen LogP contribution in [0.15, 0.2) is 24.4 Å². The maximum Gasteiger partial charge on any atom is 0.326 e. The zero-order valence-corrected chi connectivity index (χ0v) is 13.7. The van der Waals surface area contributed by atoms with E-state index in [9.17, 15) is 9.59 Å². The van der Waals surface area contributed by atoms with Crippen LogP contribution >= 0.6 is 0 Å². The molecule has 0 radical (unpaired) electrons. The Hall–Kier alpha value is -2.15. The van der Waals surface area contributed by atoms with Crippen LogP contribution in [0, 0.1) is 0 Å². The fourth-order valence-electron chi connectivity index (χ4n) is 2.55. The van der Waals surface area contributed by atoms with Gasteiger partial charge in [-0.15, -0.1) is 0 Å². The molecule has 1 saturated heterocycles. The molecule has 0 aromatic carbocycles. The first-order chi connectivity index (χ1) is 11.0. The number of carbonyl (C=O) groups excluding carboxylic acids is 1. The minimum atomic E-state index is -0.982. The van der Waals surface area contributed by atoms with Crippen LogP contribution in [0.5, 0.6) is 0 Å². The molecule has 1 amide bonds. The van der Waals surface area contributed by atoms with Crippen molar-refractivity contribution in [3.05, 3.63) is 24.4 Å². The summed E-state index contributed by atoms with van der Waals surface area (Å²) in [6.45, 7) is 5.70. The van der Waals surface area contributed by atoms with Gasteiger partial charge in [-0.25, -0.2) is 9.78 Å². The summed E-state index contributed by atoms with van der Waals surface area (Å²) in [5.41, 5.74) is 0. The maximum absolute atomic E-state index is 12.0. The Bertz CT molecular complexity index is 529. The summed E-state index contributed by atoms with van der Waals surface area (Å²) in [4.78, 5) is 33.1. The fraction of sp³-hybridized carbons (Fsp3) is 0.562. The Balaban J connectivity index is 1.74. The third kappa shape index (κ3) is 4.66. The molecular formula is C16H24N4O3. The van der Waals surface area contributed by atoms with Gasteiger partial charge in [-0.3, -0.25) is 9.69 Å².